The van der Waals surface area contributed by atoms with Crippen molar-refractivity contribution < 1.29 is 0 Å². The van der Waals surface area contributed by atoms with Crippen LogP contribution in [0.4, 0.5) is 0 Å². The summed E-state index contributed by atoms with van der Waals surface area (Å²) in [6, 6.07) is 0. The van der Waals surface area contributed by atoms with Gasteiger partial charge >= 0.3 is 0 Å². The van der Waals surface area contributed by atoms with Crippen LogP contribution in [0.3, 0.4) is 0 Å². The zero-order valence-corrected chi connectivity index (χ0v) is 6.56. The lowest BCUT2D eigenvalue weighted by Crippen LogP contribution is -2.27. The number of rotatable bonds is 2. The molecule has 3 nitrogen and oxygen atoms in total. The van der Waals surface area contributed by atoms with Crippen LogP contribution in [-0.4, -0.2) is 42.1 Å². The van der Waals surface area contributed by atoms with Crippen LogP contribution in [0.15, 0.2) is 5.10 Å². The first-order valence-corrected chi connectivity index (χ1v) is 3.87. The SMILES string of the molecule is CN(C)CN1CSC=N1. The lowest BCUT2D eigenvalue weighted by Gasteiger charge is -2.17. The molecule has 0 spiro atoms. The summed E-state index contributed by atoms with van der Waals surface area (Å²) in [5, 5.41) is 6.12. The van der Waals surface area contributed by atoms with Crippen LogP contribution in [-0.2, 0) is 0 Å². The number of thioether (sulfide) groups is 1. The van der Waals surface area contributed by atoms with E-state index in [9.17, 15) is 0 Å². The Morgan fingerprint density at radius 1 is 1.78 bits per heavy atom. The molecule has 1 rings (SSSR count). The highest BCUT2D eigenvalue weighted by Crippen LogP contribution is 2.08. The fraction of sp³-hybridized carbons (Fsp3) is 0.800. The summed E-state index contributed by atoms with van der Waals surface area (Å²) >= 11 is 1.73. The molecule has 0 bridgehead atoms. The third-order valence-corrected chi connectivity index (χ3v) is 1.65. The van der Waals surface area contributed by atoms with E-state index in [4.69, 9.17) is 0 Å². The van der Waals surface area contributed by atoms with Gasteiger partial charge in [-0.05, 0) is 14.1 Å². The van der Waals surface area contributed by atoms with E-state index in [1.807, 2.05) is 24.7 Å². The van der Waals surface area contributed by atoms with Gasteiger partial charge < -0.3 is 0 Å². The van der Waals surface area contributed by atoms with Crippen LogP contribution in [0.1, 0.15) is 0 Å². The summed E-state index contributed by atoms with van der Waals surface area (Å²) in [6.45, 7) is 0.920. The summed E-state index contributed by atoms with van der Waals surface area (Å²) in [6.07, 6.45) is 0. The fourth-order valence-electron chi connectivity index (χ4n) is 0.657. The highest BCUT2D eigenvalue weighted by Gasteiger charge is 2.05. The third-order valence-electron chi connectivity index (χ3n) is 0.955. The first-order valence-electron chi connectivity index (χ1n) is 2.83. The minimum absolute atomic E-state index is 0.920. The van der Waals surface area contributed by atoms with Gasteiger partial charge in [0.15, 0.2) is 0 Å². The van der Waals surface area contributed by atoms with Gasteiger partial charge in [0.2, 0.25) is 0 Å². The summed E-state index contributed by atoms with van der Waals surface area (Å²) in [7, 11) is 4.08. The van der Waals surface area contributed by atoms with Crippen molar-refractivity contribution in [2.75, 3.05) is 26.6 Å². The van der Waals surface area contributed by atoms with Crippen LogP contribution in [0, 0.1) is 0 Å². The summed E-state index contributed by atoms with van der Waals surface area (Å²) in [5.74, 6) is 0.998. The largest absolute Gasteiger partial charge is 0.291 e. The van der Waals surface area contributed by atoms with Crippen LogP contribution < -0.4 is 0 Å². The molecule has 0 aliphatic carbocycles. The number of hydrogen-bond acceptors (Lipinski definition) is 4. The Morgan fingerprint density at radius 3 is 3.00 bits per heavy atom. The molecule has 1 aliphatic heterocycles. The molecule has 0 aromatic heterocycles. The maximum absolute atomic E-state index is 4.11. The van der Waals surface area contributed by atoms with Gasteiger partial charge in [-0.15, -0.1) is 0 Å². The molecule has 4 heteroatoms. The van der Waals surface area contributed by atoms with Gasteiger partial charge in [-0.25, -0.2) is 0 Å². The van der Waals surface area contributed by atoms with E-state index in [1.54, 1.807) is 11.8 Å². The number of nitrogens with zero attached hydrogens (tertiary/aromatic N) is 3. The lowest BCUT2D eigenvalue weighted by atomic mass is 10.8. The van der Waals surface area contributed by atoms with Crippen LogP contribution in [0.2, 0.25) is 0 Å². The first kappa shape index (κ1) is 6.89. The van der Waals surface area contributed by atoms with Crippen molar-refractivity contribution >= 4 is 17.3 Å². The summed E-state index contributed by atoms with van der Waals surface area (Å²) in [4.78, 5) is 2.10. The predicted octanol–water partition coefficient (Wildman–Crippen LogP) is 0.455. The van der Waals surface area contributed by atoms with E-state index in [0.29, 0.717) is 0 Å². The van der Waals surface area contributed by atoms with E-state index in [0.717, 1.165) is 12.5 Å². The lowest BCUT2D eigenvalue weighted by molar-refractivity contribution is 0.214. The molecule has 0 fully saturated rings. The molecule has 0 aromatic carbocycles. The van der Waals surface area contributed by atoms with Crippen molar-refractivity contribution in [3.8, 4) is 0 Å². The van der Waals surface area contributed by atoms with E-state index in [2.05, 4.69) is 10.0 Å². The summed E-state index contributed by atoms with van der Waals surface area (Å²) in [5.41, 5.74) is 1.88. The molecule has 0 amide bonds. The molecule has 1 aliphatic rings. The second-order valence-electron chi connectivity index (χ2n) is 2.24. The second-order valence-corrected chi connectivity index (χ2v) is 3.05. The first-order chi connectivity index (χ1) is 4.29. The van der Waals surface area contributed by atoms with Gasteiger partial charge in [0, 0.05) is 0 Å². The Morgan fingerprint density at radius 2 is 2.56 bits per heavy atom. The minimum Gasteiger partial charge on any atom is -0.291 e. The maximum Gasteiger partial charge on any atom is 0.0886 e. The van der Waals surface area contributed by atoms with Gasteiger partial charge in [0.25, 0.3) is 0 Å². The Labute approximate surface area is 59.7 Å². The molecule has 0 saturated carbocycles. The van der Waals surface area contributed by atoms with Gasteiger partial charge in [-0.1, -0.05) is 11.8 Å². The molecule has 1 heterocycles. The van der Waals surface area contributed by atoms with Gasteiger partial charge in [0.1, 0.15) is 0 Å². The Bertz CT molecular complexity index is 113. The number of hydrogen-bond donors (Lipinski definition) is 0. The molecule has 0 N–H and O–H groups in total. The third kappa shape index (κ3) is 2.24. The second kappa shape index (κ2) is 3.08. The van der Waals surface area contributed by atoms with Gasteiger partial charge in [0.05, 0.1) is 18.1 Å². The normalized spacial score (nSPS) is 17.9. The van der Waals surface area contributed by atoms with Crippen LogP contribution >= 0.6 is 11.8 Å². The maximum atomic E-state index is 4.11. The zero-order valence-electron chi connectivity index (χ0n) is 5.74. The predicted molar refractivity (Wildman–Crippen MR) is 41.3 cm³/mol. The molecule has 0 radical (unpaired) electrons. The molecular formula is C5H11N3S. The Balaban J connectivity index is 2.20. The molecule has 0 aromatic rings. The van der Waals surface area contributed by atoms with Gasteiger partial charge in [-0.2, -0.15) is 5.10 Å². The topological polar surface area (TPSA) is 18.8 Å². The minimum atomic E-state index is 0.920. The van der Waals surface area contributed by atoms with Crippen molar-refractivity contribution in [3.05, 3.63) is 0 Å². The molecule has 52 valence electrons. The quantitative estimate of drug-likeness (QED) is 0.562. The average Bonchev–Trinajstić information content (AvgIpc) is 2.15. The monoisotopic (exact) mass is 145 g/mol. The van der Waals surface area contributed by atoms with E-state index in [-0.39, 0.29) is 0 Å². The highest BCUT2D eigenvalue weighted by molar-refractivity contribution is 8.12. The van der Waals surface area contributed by atoms with Crippen molar-refractivity contribution in [1.29, 1.82) is 0 Å². The molecular weight excluding hydrogens is 134 g/mol. The Kier molecular flexibility index (Phi) is 2.36. The van der Waals surface area contributed by atoms with Crippen molar-refractivity contribution in [2.45, 2.75) is 0 Å². The summed E-state index contributed by atoms with van der Waals surface area (Å²) < 4.78 is 0. The fourth-order valence-corrected chi connectivity index (χ4v) is 1.24. The number of hydrazone groups is 1. The van der Waals surface area contributed by atoms with E-state index < -0.39 is 0 Å². The Hall–Kier alpha value is -0.220. The molecule has 0 saturated heterocycles. The van der Waals surface area contributed by atoms with Crippen molar-refractivity contribution in [3.63, 3.8) is 0 Å². The van der Waals surface area contributed by atoms with Gasteiger partial charge in [-0.3, -0.25) is 9.91 Å². The van der Waals surface area contributed by atoms with E-state index >= 15 is 0 Å². The standard InChI is InChI=1S/C5H11N3S/c1-7(2)4-8-5-9-3-6-8/h3H,4-5H2,1-2H3. The molecule has 0 unspecified atom stereocenters. The zero-order chi connectivity index (χ0) is 6.69. The highest BCUT2D eigenvalue weighted by atomic mass is 32.2. The molecule has 9 heavy (non-hydrogen) atoms. The average molecular weight is 145 g/mol. The smallest absolute Gasteiger partial charge is 0.0886 e. The van der Waals surface area contributed by atoms with Crippen LogP contribution in [0.25, 0.3) is 0 Å². The van der Waals surface area contributed by atoms with Crippen LogP contribution in [0.5, 0.6) is 0 Å². The van der Waals surface area contributed by atoms with Crippen molar-refractivity contribution in [1.82, 2.24) is 9.91 Å². The van der Waals surface area contributed by atoms with E-state index in [1.165, 1.54) is 0 Å². The van der Waals surface area contributed by atoms with Crippen molar-refractivity contribution in [2.24, 2.45) is 5.10 Å². The molecule has 0 atom stereocenters.